The summed E-state index contributed by atoms with van der Waals surface area (Å²) < 4.78 is 7.50. The maximum Gasteiger partial charge on any atom is 0.226 e. The zero-order chi connectivity index (χ0) is 16.6. The molecule has 24 heavy (non-hydrogen) atoms. The van der Waals surface area contributed by atoms with E-state index in [-0.39, 0.29) is 11.3 Å². The Morgan fingerprint density at radius 2 is 2.17 bits per heavy atom. The SMILES string of the molecule is Cn1cncc1CN1CC[C@@]2(CCC[C@@H]2C(=O)N2CCOCC2)C1. The topological polar surface area (TPSA) is 50.6 Å². The van der Waals surface area contributed by atoms with Crippen LogP contribution < -0.4 is 0 Å². The molecular weight excluding hydrogens is 304 g/mol. The molecule has 0 unspecified atom stereocenters. The smallest absolute Gasteiger partial charge is 0.226 e. The number of hydrogen-bond donors (Lipinski definition) is 0. The Kier molecular flexibility index (Phi) is 4.35. The second-order valence-corrected chi connectivity index (χ2v) is 7.70. The molecule has 132 valence electrons. The van der Waals surface area contributed by atoms with Crippen LogP contribution in [0.1, 0.15) is 31.4 Å². The number of carbonyl (C=O) groups is 1. The number of amides is 1. The van der Waals surface area contributed by atoms with E-state index >= 15 is 0 Å². The number of ether oxygens (including phenoxy) is 1. The van der Waals surface area contributed by atoms with Crippen LogP contribution >= 0.6 is 0 Å². The van der Waals surface area contributed by atoms with Gasteiger partial charge in [-0.05, 0) is 31.2 Å². The molecule has 3 aliphatic rings. The predicted molar refractivity (Wildman–Crippen MR) is 90.3 cm³/mol. The average Bonchev–Trinajstić information content (AvgIpc) is 3.31. The molecule has 1 aliphatic carbocycles. The minimum atomic E-state index is 0.202. The van der Waals surface area contributed by atoms with Crippen LogP contribution in [0.2, 0.25) is 0 Å². The first-order valence-electron chi connectivity index (χ1n) is 9.22. The Morgan fingerprint density at radius 3 is 2.92 bits per heavy atom. The minimum Gasteiger partial charge on any atom is -0.378 e. The summed E-state index contributed by atoms with van der Waals surface area (Å²) in [4.78, 5) is 21.9. The number of hydrogen-bond acceptors (Lipinski definition) is 4. The quantitative estimate of drug-likeness (QED) is 0.836. The van der Waals surface area contributed by atoms with E-state index in [4.69, 9.17) is 4.74 Å². The van der Waals surface area contributed by atoms with Gasteiger partial charge in [-0.2, -0.15) is 0 Å². The van der Waals surface area contributed by atoms with E-state index in [1.54, 1.807) is 0 Å². The van der Waals surface area contributed by atoms with Gasteiger partial charge in [-0.15, -0.1) is 0 Å². The average molecular weight is 332 g/mol. The van der Waals surface area contributed by atoms with Gasteiger partial charge in [-0.1, -0.05) is 6.42 Å². The first-order chi connectivity index (χ1) is 11.7. The Hall–Kier alpha value is -1.40. The van der Waals surface area contributed by atoms with Crippen LogP contribution in [0.5, 0.6) is 0 Å². The van der Waals surface area contributed by atoms with E-state index in [0.717, 1.165) is 45.6 Å². The summed E-state index contributed by atoms with van der Waals surface area (Å²) in [5.74, 6) is 0.602. The normalized spacial score (nSPS) is 31.2. The summed E-state index contributed by atoms with van der Waals surface area (Å²) >= 11 is 0. The lowest BCUT2D eigenvalue weighted by Crippen LogP contribution is -2.47. The fraction of sp³-hybridized carbons (Fsp3) is 0.778. The number of aromatic nitrogens is 2. The Morgan fingerprint density at radius 1 is 1.33 bits per heavy atom. The highest BCUT2D eigenvalue weighted by Gasteiger charge is 2.51. The van der Waals surface area contributed by atoms with Gasteiger partial charge in [0.05, 0.1) is 25.2 Å². The molecule has 4 rings (SSSR count). The fourth-order valence-corrected chi connectivity index (χ4v) is 4.90. The van der Waals surface area contributed by atoms with Crippen molar-refractivity contribution in [2.45, 2.75) is 32.2 Å². The molecule has 0 radical (unpaired) electrons. The van der Waals surface area contributed by atoms with Crippen LogP contribution in [0.25, 0.3) is 0 Å². The first-order valence-corrected chi connectivity index (χ1v) is 9.22. The van der Waals surface area contributed by atoms with Crippen molar-refractivity contribution in [2.24, 2.45) is 18.4 Å². The number of imidazole rings is 1. The van der Waals surface area contributed by atoms with Crippen LogP contribution in [0.4, 0.5) is 0 Å². The van der Waals surface area contributed by atoms with Crippen molar-refractivity contribution in [3.63, 3.8) is 0 Å². The highest BCUT2D eigenvalue weighted by atomic mass is 16.5. The van der Waals surface area contributed by atoms with Crippen LogP contribution in [0.15, 0.2) is 12.5 Å². The molecule has 2 saturated heterocycles. The van der Waals surface area contributed by atoms with E-state index in [1.807, 2.05) is 17.4 Å². The monoisotopic (exact) mass is 332 g/mol. The lowest BCUT2D eigenvalue weighted by molar-refractivity contribution is -0.143. The van der Waals surface area contributed by atoms with Gasteiger partial charge in [0.15, 0.2) is 0 Å². The van der Waals surface area contributed by atoms with Gasteiger partial charge in [-0.25, -0.2) is 4.98 Å². The van der Waals surface area contributed by atoms with Gasteiger partial charge in [0.2, 0.25) is 5.91 Å². The summed E-state index contributed by atoms with van der Waals surface area (Å²) in [7, 11) is 2.05. The summed E-state index contributed by atoms with van der Waals surface area (Å²) in [5, 5.41) is 0. The summed E-state index contributed by atoms with van der Waals surface area (Å²) in [6.45, 7) is 6.01. The molecule has 2 atom stereocenters. The largest absolute Gasteiger partial charge is 0.378 e. The molecule has 0 aromatic carbocycles. The summed E-state index contributed by atoms with van der Waals surface area (Å²) in [6, 6.07) is 0. The Bertz CT molecular complexity index is 596. The van der Waals surface area contributed by atoms with E-state index < -0.39 is 0 Å². The molecule has 1 amide bonds. The molecule has 0 bridgehead atoms. The molecule has 6 heteroatoms. The Labute approximate surface area is 143 Å². The summed E-state index contributed by atoms with van der Waals surface area (Å²) in [5.41, 5.74) is 1.45. The van der Waals surface area contributed by atoms with Gasteiger partial charge in [0.25, 0.3) is 0 Å². The number of carbonyl (C=O) groups excluding carboxylic acids is 1. The van der Waals surface area contributed by atoms with Crippen LogP contribution in [0.3, 0.4) is 0 Å². The van der Waals surface area contributed by atoms with Crippen molar-refractivity contribution in [1.29, 1.82) is 0 Å². The van der Waals surface area contributed by atoms with Gasteiger partial charge >= 0.3 is 0 Å². The molecule has 3 fully saturated rings. The Balaban J connectivity index is 1.44. The van der Waals surface area contributed by atoms with Crippen molar-refractivity contribution in [1.82, 2.24) is 19.4 Å². The van der Waals surface area contributed by atoms with Crippen molar-refractivity contribution in [2.75, 3.05) is 39.4 Å². The van der Waals surface area contributed by atoms with Crippen LogP contribution in [-0.4, -0.2) is 64.7 Å². The third-order valence-electron chi connectivity index (χ3n) is 6.29. The standard InChI is InChI=1S/C18H28N4O2/c1-20-14-19-11-15(20)12-21-6-5-18(13-21)4-2-3-16(18)17(23)22-7-9-24-10-8-22/h11,14,16H,2-10,12-13H2,1H3/t16-,18+/m1/s1. The van der Waals surface area contributed by atoms with Crippen molar-refractivity contribution in [3.05, 3.63) is 18.2 Å². The second-order valence-electron chi connectivity index (χ2n) is 7.70. The van der Waals surface area contributed by atoms with Crippen molar-refractivity contribution >= 4 is 5.91 Å². The van der Waals surface area contributed by atoms with Gasteiger partial charge in [0, 0.05) is 45.3 Å². The fourth-order valence-electron chi connectivity index (χ4n) is 4.90. The number of rotatable bonds is 3. The van der Waals surface area contributed by atoms with Gasteiger partial charge in [-0.3, -0.25) is 9.69 Å². The van der Waals surface area contributed by atoms with Crippen LogP contribution in [-0.2, 0) is 23.1 Å². The number of nitrogens with zero attached hydrogens (tertiary/aromatic N) is 4. The van der Waals surface area contributed by atoms with Crippen molar-refractivity contribution in [3.8, 4) is 0 Å². The third kappa shape index (κ3) is 2.86. The zero-order valence-corrected chi connectivity index (χ0v) is 14.6. The van der Waals surface area contributed by atoms with Crippen molar-refractivity contribution < 1.29 is 9.53 Å². The van der Waals surface area contributed by atoms with Crippen LogP contribution in [0, 0.1) is 11.3 Å². The maximum absolute atomic E-state index is 13.1. The van der Waals surface area contributed by atoms with Gasteiger partial charge < -0.3 is 14.2 Å². The second kappa shape index (κ2) is 6.48. The minimum absolute atomic E-state index is 0.202. The van der Waals surface area contributed by atoms with E-state index in [1.165, 1.54) is 18.5 Å². The van der Waals surface area contributed by atoms with E-state index in [9.17, 15) is 4.79 Å². The molecule has 2 aliphatic heterocycles. The van der Waals surface area contributed by atoms with Gasteiger partial charge in [0.1, 0.15) is 0 Å². The molecule has 1 saturated carbocycles. The van der Waals surface area contributed by atoms with E-state index in [2.05, 4.69) is 21.5 Å². The number of aryl methyl sites for hydroxylation is 1. The highest BCUT2D eigenvalue weighted by molar-refractivity contribution is 5.80. The first kappa shape index (κ1) is 16.1. The zero-order valence-electron chi connectivity index (χ0n) is 14.6. The molecule has 1 aromatic heterocycles. The molecule has 1 spiro atoms. The maximum atomic E-state index is 13.1. The third-order valence-corrected chi connectivity index (χ3v) is 6.29. The molecule has 6 nitrogen and oxygen atoms in total. The lowest BCUT2D eigenvalue weighted by atomic mass is 9.76. The van der Waals surface area contributed by atoms with E-state index in [0.29, 0.717) is 19.1 Å². The molecular formula is C18H28N4O2. The number of likely N-dealkylation sites (tertiary alicyclic amines) is 1. The summed E-state index contributed by atoms with van der Waals surface area (Å²) in [6.07, 6.45) is 8.44. The lowest BCUT2D eigenvalue weighted by Gasteiger charge is -2.36. The molecule has 1 aromatic rings. The number of morpholine rings is 1. The molecule has 0 N–H and O–H groups in total. The predicted octanol–water partition coefficient (Wildman–Crippen LogP) is 1.27. The highest BCUT2D eigenvalue weighted by Crippen LogP contribution is 2.50. The molecule has 3 heterocycles.